The normalized spacial score (nSPS) is 13.5. The summed E-state index contributed by atoms with van der Waals surface area (Å²) in [4.78, 5) is 0. The van der Waals surface area contributed by atoms with Crippen LogP contribution in [0.2, 0.25) is 0 Å². The maximum atomic E-state index is 5.71. The Bertz CT molecular complexity index is 380. The SMILES string of the molecule is C=CC(C/C(=C\N)c1ccccc1C)NC. The lowest BCUT2D eigenvalue weighted by molar-refractivity contribution is 0.685. The molecule has 0 fully saturated rings. The zero-order valence-electron chi connectivity index (χ0n) is 10.0. The molecule has 0 aliphatic carbocycles. The summed E-state index contributed by atoms with van der Waals surface area (Å²) in [5.41, 5.74) is 9.32. The molecule has 0 heterocycles. The number of hydrogen-bond donors (Lipinski definition) is 2. The third-order valence-corrected chi connectivity index (χ3v) is 2.79. The van der Waals surface area contributed by atoms with Crippen molar-refractivity contribution in [2.24, 2.45) is 5.73 Å². The van der Waals surface area contributed by atoms with Crippen molar-refractivity contribution in [1.29, 1.82) is 0 Å². The average molecular weight is 216 g/mol. The van der Waals surface area contributed by atoms with Gasteiger partial charge in [-0.05, 0) is 43.3 Å². The Morgan fingerprint density at radius 1 is 1.50 bits per heavy atom. The fraction of sp³-hybridized carbons (Fsp3) is 0.286. The van der Waals surface area contributed by atoms with E-state index in [1.807, 2.05) is 25.3 Å². The molecule has 86 valence electrons. The van der Waals surface area contributed by atoms with Crippen LogP contribution in [-0.2, 0) is 0 Å². The van der Waals surface area contributed by atoms with E-state index in [9.17, 15) is 0 Å². The van der Waals surface area contributed by atoms with E-state index in [0.717, 1.165) is 12.0 Å². The van der Waals surface area contributed by atoms with E-state index in [2.05, 4.69) is 31.0 Å². The van der Waals surface area contributed by atoms with Gasteiger partial charge in [-0.15, -0.1) is 6.58 Å². The molecule has 1 aromatic carbocycles. The Kier molecular flexibility index (Phi) is 4.80. The Labute approximate surface area is 97.9 Å². The van der Waals surface area contributed by atoms with E-state index in [1.165, 1.54) is 11.1 Å². The lowest BCUT2D eigenvalue weighted by atomic mass is 9.96. The third-order valence-electron chi connectivity index (χ3n) is 2.79. The molecule has 0 bridgehead atoms. The third kappa shape index (κ3) is 2.97. The van der Waals surface area contributed by atoms with Crippen molar-refractivity contribution in [3.05, 3.63) is 54.2 Å². The molecule has 0 aliphatic heterocycles. The first kappa shape index (κ1) is 12.5. The molecular weight excluding hydrogens is 196 g/mol. The summed E-state index contributed by atoms with van der Waals surface area (Å²) in [6, 6.07) is 8.53. The summed E-state index contributed by atoms with van der Waals surface area (Å²) in [5, 5.41) is 3.19. The average Bonchev–Trinajstić information content (AvgIpc) is 2.32. The minimum absolute atomic E-state index is 0.259. The molecule has 1 rings (SSSR count). The molecule has 1 unspecified atom stereocenters. The molecule has 3 N–H and O–H groups in total. The van der Waals surface area contributed by atoms with Gasteiger partial charge in [-0.1, -0.05) is 30.3 Å². The summed E-state index contributed by atoms with van der Waals surface area (Å²) < 4.78 is 0. The van der Waals surface area contributed by atoms with Crippen molar-refractivity contribution >= 4 is 5.57 Å². The van der Waals surface area contributed by atoms with Crippen LogP contribution in [0.15, 0.2) is 43.1 Å². The standard InChI is InChI=1S/C14H20N2/c1-4-13(16-3)9-12(10-15)14-8-6-5-7-11(14)2/h4-8,10,13,16H,1,9,15H2,2-3H3/b12-10+. The zero-order chi connectivity index (χ0) is 12.0. The first-order chi connectivity index (χ1) is 7.72. The topological polar surface area (TPSA) is 38.0 Å². The first-order valence-corrected chi connectivity index (χ1v) is 5.49. The predicted octanol–water partition coefficient (Wildman–Crippen LogP) is 2.46. The van der Waals surface area contributed by atoms with Gasteiger partial charge < -0.3 is 11.1 Å². The first-order valence-electron chi connectivity index (χ1n) is 5.49. The van der Waals surface area contributed by atoms with E-state index in [1.54, 1.807) is 6.20 Å². The van der Waals surface area contributed by atoms with Gasteiger partial charge in [0.25, 0.3) is 0 Å². The van der Waals surface area contributed by atoms with Crippen LogP contribution in [0, 0.1) is 6.92 Å². The monoisotopic (exact) mass is 216 g/mol. The van der Waals surface area contributed by atoms with Gasteiger partial charge in [0, 0.05) is 6.04 Å². The molecule has 0 amide bonds. The highest BCUT2D eigenvalue weighted by Crippen LogP contribution is 2.22. The molecule has 2 heteroatoms. The van der Waals surface area contributed by atoms with E-state index in [-0.39, 0.29) is 6.04 Å². The molecule has 1 aromatic rings. The number of aryl methyl sites for hydroxylation is 1. The molecule has 0 radical (unpaired) electrons. The number of nitrogens with one attached hydrogen (secondary N) is 1. The van der Waals surface area contributed by atoms with Crippen LogP contribution >= 0.6 is 0 Å². The lowest BCUT2D eigenvalue weighted by Crippen LogP contribution is -2.22. The van der Waals surface area contributed by atoms with Gasteiger partial charge >= 0.3 is 0 Å². The quantitative estimate of drug-likeness (QED) is 0.742. The molecule has 0 aromatic heterocycles. The Morgan fingerprint density at radius 2 is 2.19 bits per heavy atom. The number of hydrogen-bond acceptors (Lipinski definition) is 2. The summed E-state index contributed by atoms with van der Waals surface area (Å²) in [7, 11) is 1.93. The van der Waals surface area contributed by atoms with Crippen LogP contribution < -0.4 is 11.1 Å². The van der Waals surface area contributed by atoms with Gasteiger partial charge in [0.2, 0.25) is 0 Å². The lowest BCUT2D eigenvalue weighted by Gasteiger charge is -2.15. The highest BCUT2D eigenvalue weighted by Gasteiger charge is 2.08. The van der Waals surface area contributed by atoms with Gasteiger partial charge in [-0.25, -0.2) is 0 Å². The second-order valence-corrected chi connectivity index (χ2v) is 3.84. The molecular formula is C14H20N2. The summed E-state index contributed by atoms with van der Waals surface area (Å²) in [5.74, 6) is 0. The maximum Gasteiger partial charge on any atom is 0.0285 e. The fourth-order valence-corrected chi connectivity index (χ4v) is 1.74. The van der Waals surface area contributed by atoms with Gasteiger partial charge in [0.15, 0.2) is 0 Å². The van der Waals surface area contributed by atoms with Gasteiger partial charge in [-0.3, -0.25) is 0 Å². The largest absolute Gasteiger partial charge is 0.404 e. The molecule has 16 heavy (non-hydrogen) atoms. The number of likely N-dealkylation sites (N-methyl/N-ethyl adjacent to an activating group) is 1. The summed E-state index contributed by atoms with van der Waals surface area (Å²) >= 11 is 0. The zero-order valence-corrected chi connectivity index (χ0v) is 10.0. The van der Waals surface area contributed by atoms with Crippen molar-refractivity contribution in [1.82, 2.24) is 5.32 Å². The van der Waals surface area contributed by atoms with Crippen LogP contribution in [0.1, 0.15) is 17.5 Å². The Hall–Kier alpha value is -1.54. The maximum absolute atomic E-state index is 5.71. The molecule has 0 saturated heterocycles. The van der Waals surface area contributed by atoms with Crippen molar-refractivity contribution in [3.8, 4) is 0 Å². The molecule has 0 aliphatic rings. The summed E-state index contributed by atoms with van der Waals surface area (Å²) in [6.07, 6.45) is 4.46. The molecule has 1 atom stereocenters. The molecule has 0 saturated carbocycles. The van der Waals surface area contributed by atoms with Crippen molar-refractivity contribution in [2.75, 3.05) is 7.05 Å². The van der Waals surface area contributed by atoms with Crippen LogP contribution in [0.4, 0.5) is 0 Å². The molecule has 2 nitrogen and oxygen atoms in total. The van der Waals surface area contributed by atoms with Crippen LogP contribution in [-0.4, -0.2) is 13.1 Å². The minimum Gasteiger partial charge on any atom is -0.404 e. The van der Waals surface area contributed by atoms with Crippen molar-refractivity contribution in [2.45, 2.75) is 19.4 Å². The fourth-order valence-electron chi connectivity index (χ4n) is 1.74. The number of rotatable bonds is 5. The van der Waals surface area contributed by atoms with E-state index < -0.39 is 0 Å². The van der Waals surface area contributed by atoms with E-state index >= 15 is 0 Å². The van der Waals surface area contributed by atoms with E-state index in [0.29, 0.717) is 0 Å². The molecule has 0 spiro atoms. The Morgan fingerprint density at radius 3 is 2.69 bits per heavy atom. The van der Waals surface area contributed by atoms with Crippen molar-refractivity contribution < 1.29 is 0 Å². The van der Waals surface area contributed by atoms with E-state index in [4.69, 9.17) is 5.73 Å². The Balaban J connectivity index is 2.92. The predicted molar refractivity (Wildman–Crippen MR) is 71.0 cm³/mol. The highest BCUT2D eigenvalue weighted by molar-refractivity contribution is 5.68. The second kappa shape index (κ2) is 6.13. The summed E-state index contributed by atoms with van der Waals surface area (Å²) in [6.45, 7) is 5.90. The van der Waals surface area contributed by atoms with Gasteiger partial charge in [0.05, 0.1) is 0 Å². The van der Waals surface area contributed by atoms with Gasteiger partial charge in [-0.2, -0.15) is 0 Å². The second-order valence-electron chi connectivity index (χ2n) is 3.84. The highest BCUT2D eigenvalue weighted by atomic mass is 14.9. The van der Waals surface area contributed by atoms with Gasteiger partial charge in [0.1, 0.15) is 0 Å². The minimum atomic E-state index is 0.259. The van der Waals surface area contributed by atoms with Crippen LogP contribution in [0.3, 0.4) is 0 Å². The number of benzene rings is 1. The number of nitrogens with two attached hydrogens (primary N) is 1. The van der Waals surface area contributed by atoms with Crippen LogP contribution in [0.5, 0.6) is 0 Å². The van der Waals surface area contributed by atoms with Crippen molar-refractivity contribution in [3.63, 3.8) is 0 Å². The smallest absolute Gasteiger partial charge is 0.0285 e. The van der Waals surface area contributed by atoms with Crippen LogP contribution in [0.25, 0.3) is 5.57 Å².